The summed E-state index contributed by atoms with van der Waals surface area (Å²) in [6.45, 7) is 1.04. The molecule has 0 saturated heterocycles. The zero-order valence-electron chi connectivity index (χ0n) is 21.7. The maximum atomic E-state index is 12.7. The summed E-state index contributed by atoms with van der Waals surface area (Å²) >= 11 is 1.63. The summed E-state index contributed by atoms with van der Waals surface area (Å²) in [7, 11) is 0. The van der Waals surface area contributed by atoms with Crippen molar-refractivity contribution in [3.63, 3.8) is 0 Å². The van der Waals surface area contributed by atoms with Crippen molar-refractivity contribution >= 4 is 40.2 Å². The third kappa shape index (κ3) is 6.66. The van der Waals surface area contributed by atoms with Crippen LogP contribution in [-0.4, -0.2) is 49.7 Å². The van der Waals surface area contributed by atoms with Gasteiger partial charge in [-0.2, -0.15) is 13.2 Å². The summed E-state index contributed by atoms with van der Waals surface area (Å²) in [6.07, 6.45) is -2.70. The van der Waals surface area contributed by atoms with Gasteiger partial charge in [-0.15, -0.1) is 11.3 Å². The summed E-state index contributed by atoms with van der Waals surface area (Å²) in [5.74, 6) is -0.881. The number of carbonyl (C=O) groups excluding carboxylic acids is 1. The van der Waals surface area contributed by atoms with Gasteiger partial charge in [0.2, 0.25) is 5.95 Å². The van der Waals surface area contributed by atoms with Crippen LogP contribution < -0.4 is 15.8 Å². The quantitative estimate of drug-likeness (QED) is 0.222. The first-order chi connectivity index (χ1) is 20.1. The average molecular weight is 597 g/mol. The van der Waals surface area contributed by atoms with Crippen LogP contribution in [0, 0.1) is 0 Å². The van der Waals surface area contributed by atoms with E-state index >= 15 is 0 Å². The fourth-order valence-electron chi connectivity index (χ4n) is 4.31. The second-order valence-electron chi connectivity index (χ2n) is 9.25. The van der Waals surface area contributed by atoms with Crippen LogP contribution in [-0.2, 0) is 17.8 Å². The fourth-order valence-corrected chi connectivity index (χ4v) is 4.96. The number of rotatable bonds is 5. The number of aromatic amines is 1. The number of carbonyl (C=O) groups is 2. The second-order valence-corrected chi connectivity index (χ2v) is 10.3. The van der Waals surface area contributed by atoms with Crippen molar-refractivity contribution < 1.29 is 32.6 Å². The molecule has 2 aromatic carbocycles. The van der Waals surface area contributed by atoms with Gasteiger partial charge in [0.15, 0.2) is 0 Å². The largest absolute Gasteiger partial charge is 0.493 e. The number of H-pyrrole nitrogens is 1. The number of aromatic nitrogens is 4. The molecule has 1 amide bonds. The topological polar surface area (TPSA) is 156 Å². The molecule has 1 atom stereocenters. The first-order valence-corrected chi connectivity index (χ1v) is 13.4. The Morgan fingerprint density at radius 2 is 1.95 bits per heavy atom. The Kier molecular flexibility index (Phi) is 8.06. The van der Waals surface area contributed by atoms with Crippen LogP contribution >= 0.6 is 11.3 Å². The Labute approximate surface area is 240 Å². The minimum Gasteiger partial charge on any atom is -0.493 e. The van der Waals surface area contributed by atoms with Crippen LogP contribution in [0.1, 0.15) is 32.5 Å². The van der Waals surface area contributed by atoms with Crippen LogP contribution in [0.4, 0.5) is 19.1 Å². The van der Waals surface area contributed by atoms with E-state index in [0.29, 0.717) is 18.7 Å². The van der Waals surface area contributed by atoms with Crippen LogP contribution in [0.3, 0.4) is 0 Å². The molecule has 3 aromatic heterocycles. The minimum atomic E-state index is -5.08. The molecular formula is C28H23F3N6O4S. The number of hydrogen-bond donors (Lipinski definition) is 4. The summed E-state index contributed by atoms with van der Waals surface area (Å²) in [4.78, 5) is 39.2. The molecule has 0 aliphatic carbocycles. The number of anilines is 1. The van der Waals surface area contributed by atoms with Crippen molar-refractivity contribution in [3.8, 4) is 17.0 Å². The molecule has 10 nitrogen and oxygen atoms in total. The number of ether oxygens (including phenoxy) is 1. The van der Waals surface area contributed by atoms with Crippen LogP contribution in [0.25, 0.3) is 22.3 Å². The molecular weight excluding hydrogens is 573 g/mol. The summed E-state index contributed by atoms with van der Waals surface area (Å²) < 4.78 is 37.8. The van der Waals surface area contributed by atoms with Crippen LogP contribution in [0.5, 0.6) is 5.75 Å². The van der Waals surface area contributed by atoms with Gasteiger partial charge in [0.05, 0.1) is 35.8 Å². The number of fused-ring (bicyclic) bond motifs is 2. The number of aliphatic carboxylic acids is 1. The number of nitrogens with one attached hydrogen (secondary N) is 2. The summed E-state index contributed by atoms with van der Waals surface area (Å²) in [6, 6.07) is 17.4. The molecule has 14 heteroatoms. The number of imidazole rings is 1. The highest BCUT2D eigenvalue weighted by Crippen LogP contribution is 2.33. The van der Waals surface area contributed by atoms with Gasteiger partial charge in [-0.05, 0) is 59.8 Å². The van der Waals surface area contributed by atoms with Crippen molar-refractivity contribution in [1.82, 2.24) is 25.3 Å². The number of nitrogen functional groups attached to an aromatic ring is 1. The van der Waals surface area contributed by atoms with E-state index in [2.05, 4.69) is 20.3 Å². The van der Waals surface area contributed by atoms with E-state index in [1.807, 2.05) is 60.0 Å². The molecule has 0 radical (unpaired) electrons. The van der Waals surface area contributed by atoms with Crippen LogP contribution in [0.2, 0.25) is 0 Å². The fraction of sp³-hybridized carbons (Fsp3) is 0.179. The summed E-state index contributed by atoms with van der Waals surface area (Å²) in [5.41, 5.74) is 10.9. The third-order valence-electron chi connectivity index (χ3n) is 6.33. The Bertz CT molecular complexity index is 1740. The van der Waals surface area contributed by atoms with E-state index in [-0.39, 0.29) is 17.8 Å². The zero-order chi connectivity index (χ0) is 29.9. The van der Waals surface area contributed by atoms with E-state index in [0.717, 1.165) is 50.7 Å². The maximum absolute atomic E-state index is 12.7. The SMILES string of the molecule is Nc1nccc(-c2ccc3nc(C4COc5ccc(C(=O)NCc6cccs6)cc5C4)[nH]c3c2)n1.O=C(O)C(F)(F)F. The Morgan fingerprint density at radius 1 is 1.14 bits per heavy atom. The highest BCUT2D eigenvalue weighted by Gasteiger charge is 2.38. The monoisotopic (exact) mass is 596 g/mol. The first-order valence-electron chi connectivity index (χ1n) is 12.5. The molecule has 4 heterocycles. The minimum absolute atomic E-state index is 0.0532. The van der Waals surface area contributed by atoms with Gasteiger partial charge in [0, 0.05) is 22.2 Å². The first kappa shape index (κ1) is 28.5. The predicted molar refractivity (Wildman–Crippen MR) is 149 cm³/mol. The molecule has 5 aromatic rings. The van der Waals surface area contributed by atoms with E-state index < -0.39 is 12.1 Å². The highest BCUT2D eigenvalue weighted by molar-refractivity contribution is 7.09. The molecule has 1 aliphatic heterocycles. The van der Waals surface area contributed by atoms with Gasteiger partial charge in [-0.1, -0.05) is 12.1 Å². The Morgan fingerprint density at radius 3 is 2.67 bits per heavy atom. The lowest BCUT2D eigenvalue weighted by molar-refractivity contribution is -0.192. The highest BCUT2D eigenvalue weighted by atomic mass is 32.1. The van der Waals surface area contributed by atoms with E-state index in [1.165, 1.54) is 0 Å². The number of carboxylic acids is 1. The number of alkyl halides is 3. The number of amides is 1. The van der Waals surface area contributed by atoms with E-state index in [4.69, 9.17) is 25.4 Å². The van der Waals surface area contributed by atoms with Crippen LogP contribution in [0.15, 0.2) is 66.2 Å². The van der Waals surface area contributed by atoms with E-state index in [9.17, 15) is 18.0 Å². The number of thiophene rings is 1. The van der Waals surface area contributed by atoms with Gasteiger partial charge in [-0.25, -0.2) is 19.7 Å². The number of halogens is 3. The molecule has 1 aliphatic rings. The van der Waals surface area contributed by atoms with Gasteiger partial charge in [-0.3, -0.25) is 4.79 Å². The van der Waals surface area contributed by atoms with Crippen molar-refractivity contribution in [2.75, 3.05) is 12.3 Å². The number of nitrogens with zero attached hydrogens (tertiary/aromatic N) is 3. The van der Waals surface area contributed by atoms with Gasteiger partial charge in [0.25, 0.3) is 5.91 Å². The van der Waals surface area contributed by atoms with Gasteiger partial charge >= 0.3 is 12.1 Å². The molecule has 0 spiro atoms. The van der Waals surface area contributed by atoms with Crippen molar-refractivity contribution in [2.45, 2.75) is 25.1 Å². The van der Waals surface area contributed by atoms with E-state index in [1.54, 1.807) is 17.5 Å². The molecule has 5 N–H and O–H groups in total. The van der Waals surface area contributed by atoms with Gasteiger partial charge < -0.3 is 25.9 Å². The molecule has 6 rings (SSSR count). The Hall–Kier alpha value is -4.98. The third-order valence-corrected chi connectivity index (χ3v) is 7.21. The van der Waals surface area contributed by atoms with Gasteiger partial charge in [0.1, 0.15) is 11.6 Å². The molecule has 0 saturated carbocycles. The number of carboxylic acid groups (broad SMARTS) is 1. The van der Waals surface area contributed by atoms with Crippen molar-refractivity contribution in [3.05, 3.63) is 88.0 Å². The Balaban J connectivity index is 0.000000451. The predicted octanol–water partition coefficient (Wildman–Crippen LogP) is 4.95. The molecule has 216 valence electrons. The smallest absolute Gasteiger partial charge is 0.490 e. The average Bonchev–Trinajstić information content (AvgIpc) is 3.65. The lowest BCUT2D eigenvalue weighted by Crippen LogP contribution is -2.24. The maximum Gasteiger partial charge on any atom is 0.490 e. The number of benzene rings is 2. The molecule has 0 bridgehead atoms. The number of nitrogens with two attached hydrogens (primary N) is 1. The standard InChI is InChI=1S/C26H22N6O2S.C2HF3O2/c27-26-28-8-7-20(32-26)15-3-5-21-22(12-15)31-24(30-21)18-11-17-10-16(4-6-23(17)34-14-18)25(33)29-13-19-2-1-9-35-19;3-2(4,5)1(6)7/h1-10,12,18H,11,13-14H2,(H,29,33)(H,30,31)(H2,27,28,32);(H,6,7). The second kappa shape index (κ2) is 11.9. The molecule has 0 fully saturated rings. The van der Waals surface area contributed by atoms with Crippen molar-refractivity contribution in [1.29, 1.82) is 0 Å². The molecule has 42 heavy (non-hydrogen) atoms. The van der Waals surface area contributed by atoms with Crippen molar-refractivity contribution in [2.24, 2.45) is 0 Å². The number of hydrogen-bond acceptors (Lipinski definition) is 8. The lowest BCUT2D eigenvalue weighted by atomic mass is 9.94. The molecule has 1 unspecified atom stereocenters. The normalized spacial score (nSPS) is 14.3. The zero-order valence-corrected chi connectivity index (χ0v) is 22.5. The lowest BCUT2D eigenvalue weighted by Gasteiger charge is -2.24. The summed E-state index contributed by atoms with van der Waals surface area (Å²) in [5, 5.41) is 12.1.